The van der Waals surface area contributed by atoms with Gasteiger partial charge in [0.25, 0.3) is 5.91 Å². The lowest BCUT2D eigenvalue weighted by Crippen LogP contribution is -2.47. The first-order valence-corrected chi connectivity index (χ1v) is 8.91. The maximum Gasteiger partial charge on any atom is 0.338 e. The van der Waals surface area contributed by atoms with E-state index in [1.54, 1.807) is 24.3 Å². The normalized spacial score (nSPS) is 18.6. The second-order valence-electron chi connectivity index (χ2n) is 5.88. The summed E-state index contributed by atoms with van der Waals surface area (Å²) in [6.45, 7) is 1.54. The molecule has 5 nitrogen and oxygen atoms in total. The Hall–Kier alpha value is -1.53. The Balaban J connectivity index is 2.31. The van der Waals surface area contributed by atoms with Gasteiger partial charge in [0.1, 0.15) is 0 Å². The summed E-state index contributed by atoms with van der Waals surface area (Å²) in [5, 5.41) is 0. The van der Waals surface area contributed by atoms with Crippen molar-refractivity contribution in [1.29, 1.82) is 0 Å². The van der Waals surface area contributed by atoms with E-state index < -0.39 is 5.97 Å². The molecular formula is C17H24N2O3S. The fraction of sp³-hybridized carbons (Fsp3) is 0.529. The van der Waals surface area contributed by atoms with Crippen LogP contribution in [0.5, 0.6) is 0 Å². The van der Waals surface area contributed by atoms with Crippen molar-refractivity contribution in [2.24, 2.45) is 0 Å². The summed E-state index contributed by atoms with van der Waals surface area (Å²) in [7, 11) is 5.36. The molecule has 1 atom stereocenters. The van der Waals surface area contributed by atoms with Crippen molar-refractivity contribution in [3.8, 4) is 0 Å². The molecule has 1 heterocycles. The molecule has 1 saturated heterocycles. The molecule has 2 rings (SSSR count). The molecule has 0 radical (unpaired) electrons. The molecule has 0 N–H and O–H groups in total. The summed E-state index contributed by atoms with van der Waals surface area (Å²) in [5.74, 6) is 1.43. The van der Waals surface area contributed by atoms with Gasteiger partial charge < -0.3 is 14.5 Å². The summed E-state index contributed by atoms with van der Waals surface area (Å²) in [6.07, 6.45) is 0.973. The molecular weight excluding hydrogens is 312 g/mol. The molecule has 1 aromatic carbocycles. The number of likely N-dealkylation sites (N-methyl/N-ethyl adjacent to an activating group) is 1. The van der Waals surface area contributed by atoms with Crippen LogP contribution in [0, 0.1) is 0 Å². The van der Waals surface area contributed by atoms with Gasteiger partial charge in [0.2, 0.25) is 0 Å². The third-order valence-electron chi connectivity index (χ3n) is 3.84. The van der Waals surface area contributed by atoms with Gasteiger partial charge in [-0.2, -0.15) is 11.8 Å². The molecule has 23 heavy (non-hydrogen) atoms. The average Bonchev–Trinajstić information content (AvgIpc) is 2.78. The number of ether oxygens (including phenoxy) is 1. The van der Waals surface area contributed by atoms with Crippen molar-refractivity contribution < 1.29 is 14.3 Å². The van der Waals surface area contributed by atoms with Crippen molar-refractivity contribution in [1.82, 2.24) is 9.80 Å². The first kappa shape index (κ1) is 17.8. The summed E-state index contributed by atoms with van der Waals surface area (Å²) in [6, 6.07) is 7.04. The first-order valence-electron chi connectivity index (χ1n) is 7.75. The lowest BCUT2D eigenvalue weighted by Gasteiger charge is -2.32. The van der Waals surface area contributed by atoms with Crippen LogP contribution >= 0.6 is 11.8 Å². The average molecular weight is 336 g/mol. The van der Waals surface area contributed by atoms with Crippen LogP contribution in [-0.4, -0.2) is 73.5 Å². The Morgan fingerprint density at radius 3 is 2.65 bits per heavy atom. The van der Waals surface area contributed by atoms with Gasteiger partial charge in [-0.25, -0.2) is 4.79 Å². The van der Waals surface area contributed by atoms with Crippen molar-refractivity contribution in [3.05, 3.63) is 35.4 Å². The van der Waals surface area contributed by atoms with Crippen LogP contribution in [-0.2, 0) is 4.74 Å². The van der Waals surface area contributed by atoms with Gasteiger partial charge >= 0.3 is 5.97 Å². The largest absolute Gasteiger partial charge is 0.465 e. The second-order valence-corrected chi connectivity index (χ2v) is 7.03. The number of rotatable bonds is 4. The number of hydrogen-bond donors (Lipinski definition) is 0. The number of amides is 1. The maximum atomic E-state index is 13.1. The zero-order valence-corrected chi connectivity index (χ0v) is 14.8. The quantitative estimate of drug-likeness (QED) is 0.787. The molecule has 126 valence electrons. The van der Waals surface area contributed by atoms with E-state index in [2.05, 4.69) is 4.90 Å². The van der Waals surface area contributed by atoms with E-state index in [1.807, 2.05) is 30.8 Å². The highest BCUT2D eigenvalue weighted by atomic mass is 32.2. The maximum absolute atomic E-state index is 13.1. The van der Waals surface area contributed by atoms with E-state index in [9.17, 15) is 9.59 Å². The standard InChI is InChI=1S/C17H24N2O3S/c1-18(2)11-13-12-23-10-6-9-19(13)16(20)14-7-4-5-8-15(14)17(21)22-3/h4-5,7-8,13H,6,9-12H2,1-3H3. The van der Waals surface area contributed by atoms with Crippen molar-refractivity contribution in [2.45, 2.75) is 12.5 Å². The molecule has 1 fully saturated rings. The summed E-state index contributed by atoms with van der Waals surface area (Å²) in [5.41, 5.74) is 0.760. The number of hydrogen-bond acceptors (Lipinski definition) is 5. The van der Waals surface area contributed by atoms with E-state index in [-0.39, 0.29) is 11.9 Å². The van der Waals surface area contributed by atoms with E-state index in [4.69, 9.17) is 4.74 Å². The Bertz CT molecular complexity index is 563. The SMILES string of the molecule is COC(=O)c1ccccc1C(=O)N1CCCSCC1CN(C)C. The molecule has 1 amide bonds. The number of carbonyl (C=O) groups is 2. The van der Waals surface area contributed by atoms with Crippen LogP contribution in [0.2, 0.25) is 0 Å². The van der Waals surface area contributed by atoms with Gasteiger partial charge in [-0.3, -0.25) is 4.79 Å². The number of esters is 1. The van der Waals surface area contributed by atoms with Crippen LogP contribution in [0.1, 0.15) is 27.1 Å². The molecule has 1 aromatic rings. The predicted octanol–water partition coefficient (Wildman–Crippen LogP) is 1.98. The van der Waals surface area contributed by atoms with E-state index in [0.29, 0.717) is 11.1 Å². The second kappa shape index (κ2) is 8.36. The highest BCUT2D eigenvalue weighted by molar-refractivity contribution is 7.99. The summed E-state index contributed by atoms with van der Waals surface area (Å²) in [4.78, 5) is 29.0. The fourth-order valence-corrected chi connectivity index (χ4v) is 3.84. The minimum atomic E-state index is -0.470. The van der Waals surface area contributed by atoms with Gasteiger partial charge in [0.15, 0.2) is 0 Å². The van der Waals surface area contributed by atoms with E-state index >= 15 is 0 Å². The van der Waals surface area contributed by atoms with Gasteiger partial charge in [-0.15, -0.1) is 0 Å². The van der Waals surface area contributed by atoms with Crippen LogP contribution < -0.4 is 0 Å². The fourth-order valence-electron chi connectivity index (χ4n) is 2.78. The van der Waals surface area contributed by atoms with Crippen LogP contribution in [0.25, 0.3) is 0 Å². The molecule has 1 aliphatic heterocycles. The Kier molecular flexibility index (Phi) is 6.47. The Morgan fingerprint density at radius 2 is 2.00 bits per heavy atom. The number of methoxy groups -OCH3 is 1. The zero-order chi connectivity index (χ0) is 16.8. The lowest BCUT2D eigenvalue weighted by atomic mass is 10.1. The lowest BCUT2D eigenvalue weighted by molar-refractivity contribution is 0.0581. The van der Waals surface area contributed by atoms with Gasteiger partial charge in [0.05, 0.1) is 24.3 Å². The molecule has 0 saturated carbocycles. The molecule has 0 spiro atoms. The smallest absolute Gasteiger partial charge is 0.338 e. The van der Waals surface area contributed by atoms with Gasteiger partial charge in [-0.1, -0.05) is 12.1 Å². The van der Waals surface area contributed by atoms with Crippen molar-refractivity contribution in [3.63, 3.8) is 0 Å². The van der Waals surface area contributed by atoms with Crippen LogP contribution in [0.4, 0.5) is 0 Å². The van der Waals surface area contributed by atoms with E-state index in [1.165, 1.54) is 7.11 Å². The third kappa shape index (κ3) is 4.48. The zero-order valence-electron chi connectivity index (χ0n) is 13.9. The van der Waals surface area contributed by atoms with E-state index in [0.717, 1.165) is 31.0 Å². The topological polar surface area (TPSA) is 49.9 Å². The summed E-state index contributed by atoms with van der Waals surface area (Å²) < 4.78 is 4.81. The molecule has 1 aliphatic rings. The third-order valence-corrected chi connectivity index (χ3v) is 5.04. The number of nitrogens with zero attached hydrogens (tertiary/aromatic N) is 2. The number of carbonyl (C=O) groups excluding carboxylic acids is 2. The number of benzene rings is 1. The van der Waals surface area contributed by atoms with Crippen LogP contribution in [0.3, 0.4) is 0 Å². The Morgan fingerprint density at radius 1 is 1.30 bits per heavy atom. The highest BCUT2D eigenvalue weighted by Gasteiger charge is 2.29. The Labute approximate surface area is 142 Å². The van der Waals surface area contributed by atoms with Crippen molar-refractivity contribution >= 4 is 23.6 Å². The highest BCUT2D eigenvalue weighted by Crippen LogP contribution is 2.21. The number of thioether (sulfide) groups is 1. The monoisotopic (exact) mass is 336 g/mol. The molecule has 1 unspecified atom stereocenters. The van der Waals surface area contributed by atoms with Crippen molar-refractivity contribution in [2.75, 3.05) is 45.8 Å². The van der Waals surface area contributed by atoms with Gasteiger partial charge in [-0.05, 0) is 38.4 Å². The van der Waals surface area contributed by atoms with Gasteiger partial charge in [0, 0.05) is 18.8 Å². The first-order chi connectivity index (χ1) is 11.0. The summed E-state index contributed by atoms with van der Waals surface area (Å²) >= 11 is 1.89. The molecule has 0 bridgehead atoms. The molecule has 0 aliphatic carbocycles. The minimum absolute atomic E-state index is 0.0830. The molecule has 0 aromatic heterocycles. The predicted molar refractivity (Wildman–Crippen MR) is 93.1 cm³/mol. The van der Waals surface area contributed by atoms with Crippen LogP contribution in [0.15, 0.2) is 24.3 Å². The molecule has 6 heteroatoms. The minimum Gasteiger partial charge on any atom is -0.465 e.